The number of dihydropyridines is 1. The summed E-state index contributed by atoms with van der Waals surface area (Å²) in [4.78, 5) is 6.25. The summed E-state index contributed by atoms with van der Waals surface area (Å²) < 4.78 is 6.37. The molecule has 2 aliphatic rings. The molecule has 0 radical (unpaired) electrons. The molecule has 0 aliphatic carbocycles. The van der Waals surface area contributed by atoms with Crippen LogP contribution in [0.2, 0.25) is 0 Å². The second-order valence-corrected chi connectivity index (χ2v) is 6.47. The van der Waals surface area contributed by atoms with Gasteiger partial charge in [0.05, 0.1) is 0 Å². The maximum atomic E-state index is 6.37. The Balaban J connectivity index is 1.75. The Bertz CT molecular complexity index is 915. The number of hydrogen-bond donors (Lipinski definition) is 2. The van der Waals surface area contributed by atoms with Crippen molar-refractivity contribution >= 4 is 11.4 Å². The van der Waals surface area contributed by atoms with Crippen LogP contribution in [-0.4, -0.2) is 30.1 Å². The minimum Gasteiger partial charge on any atom is -0.456 e. The van der Waals surface area contributed by atoms with E-state index in [1.807, 2.05) is 31.3 Å². The molecule has 0 fully saturated rings. The van der Waals surface area contributed by atoms with Crippen LogP contribution in [0, 0.1) is 6.92 Å². The van der Waals surface area contributed by atoms with E-state index >= 15 is 0 Å². The van der Waals surface area contributed by atoms with Crippen LogP contribution in [0.3, 0.4) is 0 Å². The third-order valence-electron chi connectivity index (χ3n) is 4.73. The van der Waals surface area contributed by atoms with Crippen LogP contribution in [0.25, 0.3) is 5.70 Å². The van der Waals surface area contributed by atoms with E-state index in [2.05, 4.69) is 58.9 Å². The van der Waals surface area contributed by atoms with Crippen molar-refractivity contribution in [3.05, 3.63) is 83.5 Å². The van der Waals surface area contributed by atoms with Crippen molar-refractivity contribution in [3.8, 4) is 5.75 Å². The predicted molar refractivity (Wildman–Crippen MR) is 104 cm³/mol. The number of likely N-dealkylation sites (N-methyl/N-ethyl adjacent to an activating group) is 1. The van der Waals surface area contributed by atoms with Gasteiger partial charge in [-0.2, -0.15) is 0 Å². The van der Waals surface area contributed by atoms with Crippen LogP contribution in [0.4, 0.5) is 5.69 Å². The number of pyridine rings is 1. The number of anilines is 1. The summed E-state index contributed by atoms with van der Waals surface area (Å²) in [5, 5.41) is 6.75. The van der Waals surface area contributed by atoms with Crippen molar-refractivity contribution in [2.24, 2.45) is 0 Å². The highest BCUT2D eigenvalue weighted by atomic mass is 16.5. The molecule has 1 aromatic heterocycles. The standard InChI is InChI=1S/C21H22N4O/c1-14-4-5-16(22-2)12-19(14)26-20-13-18(15-6-9-23-10-7-15)24-21-17(20)8-11-25(21)3/h4-13,21-22,24H,1-3H3. The molecule has 2 aliphatic heterocycles. The van der Waals surface area contributed by atoms with E-state index < -0.39 is 0 Å². The zero-order valence-corrected chi connectivity index (χ0v) is 15.2. The SMILES string of the molecule is CNc1ccc(C)c(OC2=C3C=CN(C)C3NC(c3ccncc3)=C2)c1. The molecule has 1 aromatic carbocycles. The summed E-state index contributed by atoms with van der Waals surface area (Å²) in [6.45, 7) is 2.06. The zero-order valence-electron chi connectivity index (χ0n) is 15.2. The molecule has 26 heavy (non-hydrogen) atoms. The molecule has 0 saturated carbocycles. The Labute approximate surface area is 153 Å². The molecule has 2 aromatic rings. The quantitative estimate of drug-likeness (QED) is 0.887. The number of aryl methyl sites for hydroxylation is 1. The van der Waals surface area contributed by atoms with E-state index in [1.165, 1.54) is 0 Å². The van der Waals surface area contributed by atoms with Crippen LogP contribution in [0.1, 0.15) is 11.1 Å². The van der Waals surface area contributed by atoms with Gasteiger partial charge in [0, 0.05) is 67.4 Å². The molecule has 3 heterocycles. The number of nitrogens with zero attached hydrogens (tertiary/aromatic N) is 2. The minimum absolute atomic E-state index is 0.0611. The largest absolute Gasteiger partial charge is 0.456 e. The number of aromatic nitrogens is 1. The first-order valence-corrected chi connectivity index (χ1v) is 8.65. The Hall–Kier alpha value is -3.21. The van der Waals surface area contributed by atoms with E-state index in [0.717, 1.165) is 39.6 Å². The Morgan fingerprint density at radius 1 is 1.19 bits per heavy atom. The lowest BCUT2D eigenvalue weighted by molar-refractivity contribution is 0.346. The Morgan fingerprint density at radius 2 is 2.00 bits per heavy atom. The van der Waals surface area contributed by atoms with E-state index in [1.54, 1.807) is 12.4 Å². The monoisotopic (exact) mass is 346 g/mol. The molecular weight excluding hydrogens is 324 g/mol. The molecular formula is C21H22N4O. The lowest BCUT2D eigenvalue weighted by Gasteiger charge is -2.30. The molecule has 2 N–H and O–H groups in total. The molecule has 0 saturated heterocycles. The van der Waals surface area contributed by atoms with E-state index in [9.17, 15) is 0 Å². The first-order valence-electron chi connectivity index (χ1n) is 8.65. The summed E-state index contributed by atoms with van der Waals surface area (Å²) in [5.74, 6) is 1.71. The zero-order chi connectivity index (χ0) is 18.1. The van der Waals surface area contributed by atoms with Crippen molar-refractivity contribution in [2.45, 2.75) is 13.1 Å². The Morgan fingerprint density at radius 3 is 2.77 bits per heavy atom. The third kappa shape index (κ3) is 2.92. The maximum absolute atomic E-state index is 6.37. The van der Waals surface area contributed by atoms with Crippen molar-refractivity contribution in [1.82, 2.24) is 15.2 Å². The number of rotatable bonds is 4. The number of ether oxygens (including phenoxy) is 1. The number of hydrogen-bond acceptors (Lipinski definition) is 5. The van der Waals surface area contributed by atoms with Crippen LogP contribution in [0.15, 0.2) is 72.4 Å². The van der Waals surface area contributed by atoms with Gasteiger partial charge >= 0.3 is 0 Å². The van der Waals surface area contributed by atoms with Crippen molar-refractivity contribution in [1.29, 1.82) is 0 Å². The van der Waals surface area contributed by atoms with Gasteiger partial charge in [0.1, 0.15) is 17.7 Å². The molecule has 0 spiro atoms. The van der Waals surface area contributed by atoms with Crippen molar-refractivity contribution < 1.29 is 4.74 Å². The Kier molecular flexibility index (Phi) is 4.13. The lowest BCUT2D eigenvalue weighted by atomic mass is 10.0. The first kappa shape index (κ1) is 16.3. The molecule has 0 amide bonds. The highest BCUT2D eigenvalue weighted by Gasteiger charge is 2.29. The second kappa shape index (κ2) is 6.59. The average Bonchev–Trinajstić information content (AvgIpc) is 3.05. The number of fused-ring (bicyclic) bond motifs is 1. The van der Waals surface area contributed by atoms with Gasteiger partial charge in [-0.05, 0) is 36.8 Å². The fourth-order valence-electron chi connectivity index (χ4n) is 3.16. The maximum Gasteiger partial charge on any atom is 0.136 e. The highest BCUT2D eigenvalue weighted by Crippen LogP contribution is 2.33. The molecule has 4 rings (SSSR count). The van der Waals surface area contributed by atoms with Gasteiger partial charge in [0.25, 0.3) is 0 Å². The summed E-state index contributed by atoms with van der Waals surface area (Å²) in [6.07, 6.45) is 9.89. The van der Waals surface area contributed by atoms with Crippen LogP contribution in [0.5, 0.6) is 5.75 Å². The lowest BCUT2D eigenvalue weighted by Crippen LogP contribution is -2.40. The number of allylic oxidation sites excluding steroid dienone is 1. The van der Waals surface area contributed by atoms with E-state index in [0.29, 0.717) is 0 Å². The topological polar surface area (TPSA) is 49.4 Å². The fourth-order valence-corrected chi connectivity index (χ4v) is 3.16. The van der Waals surface area contributed by atoms with Gasteiger partial charge in [0.15, 0.2) is 0 Å². The van der Waals surface area contributed by atoms with Crippen LogP contribution < -0.4 is 15.4 Å². The smallest absolute Gasteiger partial charge is 0.136 e. The van der Waals surface area contributed by atoms with E-state index in [4.69, 9.17) is 4.74 Å². The fraction of sp³-hybridized carbons (Fsp3) is 0.190. The summed E-state index contributed by atoms with van der Waals surface area (Å²) in [6, 6.07) is 10.1. The van der Waals surface area contributed by atoms with Crippen LogP contribution in [-0.2, 0) is 0 Å². The van der Waals surface area contributed by atoms with Gasteiger partial charge < -0.3 is 20.3 Å². The third-order valence-corrected chi connectivity index (χ3v) is 4.73. The average molecular weight is 346 g/mol. The first-order chi connectivity index (χ1) is 12.7. The van der Waals surface area contributed by atoms with E-state index in [-0.39, 0.29) is 6.17 Å². The van der Waals surface area contributed by atoms with Crippen molar-refractivity contribution in [3.63, 3.8) is 0 Å². The molecule has 1 unspecified atom stereocenters. The van der Waals surface area contributed by atoms with Gasteiger partial charge in [0.2, 0.25) is 0 Å². The van der Waals surface area contributed by atoms with Crippen molar-refractivity contribution in [2.75, 3.05) is 19.4 Å². The molecule has 1 atom stereocenters. The normalized spacial score (nSPS) is 18.3. The minimum atomic E-state index is 0.0611. The van der Waals surface area contributed by atoms with Gasteiger partial charge in [-0.1, -0.05) is 6.07 Å². The summed E-state index contributed by atoms with van der Waals surface area (Å²) >= 11 is 0. The molecule has 0 bridgehead atoms. The van der Waals surface area contributed by atoms with Gasteiger partial charge in [-0.3, -0.25) is 4.98 Å². The summed E-state index contributed by atoms with van der Waals surface area (Å²) in [7, 11) is 3.97. The number of benzene rings is 1. The number of nitrogens with one attached hydrogen (secondary N) is 2. The molecule has 132 valence electrons. The van der Waals surface area contributed by atoms with Gasteiger partial charge in [-0.15, -0.1) is 0 Å². The molecule has 5 nitrogen and oxygen atoms in total. The second-order valence-electron chi connectivity index (χ2n) is 6.47. The summed E-state index contributed by atoms with van der Waals surface area (Å²) in [5.41, 5.74) is 5.36. The van der Waals surface area contributed by atoms with Gasteiger partial charge in [-0.25, -0.2) is 0 Å². The predicted octanol–water partition coefficient (Wildman–Crippen LogP) is 3.49. The van der Waals surface area contributed by atoms with Crippen LogP contribution >= 0.6 is 0 Å². The highest BCUT2D eigenvalue weighted by molar-refractivity contribution is 5.70. The molecule has 5 heteroatoms.